The highest BCUT2D eigenvalue weighted by atomic mass is 32.1. The van der Waals surface area contributed by atoms with Gasteiger partial charge in [-0.2, -0.15) is 11.3 Å². The summed E-state index contributed by atoms with van der Waals surface area (Å²) in [6.07, 6.45) is 7.48. The van der Waals surface area contributed by atoms with Crippen molar-refractivity contribution in [3.8, 4) is 0 Å². The number of hydrogen-bond acceptors (Lipinski definition) is 4. The van der Waals surface area contributed by atoms with E-state index in [0.29, 0.717) is 29.9 Å². The largest absolute Gasteiger partial charge is 0.338 e. The molecule has 0 radical (unpaired) electrons. The zero-order valence-electron chi connectivity index (χ0n) is 15.9. The molecular formula is C22H25N3O2S. The highest BCUT2D eigenvalue weighted by molar-refractivity contribution is 7.08. The molecule has 4 heterocycles. The van der Waals surface area contributed by atoms with Crippen LogP contribution in [-0.2, 0) is 4.79 Å². The second kappa shape index (κ2) is 7.32. The van der Waals surface area contributed by atoms with E-state index < -0.39 is 0 Å². The number of pyridine rings is 1. The monoisotopic (exact) mass is 395 g/mol. The van der Waals surface area contributed by atoms with Gasteiger partial charge < -0.3 is 9.80 Å². The molecular weight excluding hydrogens is 370 g/mol. The summed E-state index contributed by atoms with van der Waals surface area (Å²) < 4.78 is 0. The van der Waals surface area contributed by atoms with E-state index in [-0.39, 0.29) is 17.9 Å². The van der Waals surface area contributed by atoms with Gasteiger partial charge in [0.15, 0.2) is 0 Å². The first-order valence-corrected chi connectivity index (χ1v) is 11.2. The molecule has 2 saturated heterocycles. The summed E-state index contributed by atoms with van der Waals surface area (Å²) in [7, 11) is 0. The third kappa shape index (κ3) is 3.04. The van der Waals surface area contributed by atoms with Crippen LogP contribution < -0.4 is 0 Å². The molecule has 2 amide bonds. The van der Waals surface area contributed by atoms with Crippen molar-refractivity contribution in [2.45, 2.75) is 37.6 Å². The Kier molecular flexibility index (Phi) is 4.67. The molecule has 5 nitrogen and oxygen atoms in total. The number of nitrogens with zero attached hydrogens (tertiary/aromatic N) is 3. The zero-order chi connectivity index (χ0) is 19.1. The Labute approximate surface area is 169 Å². The first kappa shape index (κ1) is 17.9. The summed E-state index contributed by atoms with van der Waals surface area (Å²) in [6.45, 7) is 2.24. The van der Waals surface area contributed by atoms with Crippen LogP contribution >= 0.6 is 11.3 Å². The van der Waals surface area contributed by atoms with Crippen LogP contribution in [0.4, 0.5) is 0 Å². The van der Waals surface area contributed by atoms with E-state index in [1.807, 2.05) is 4.90 Å². The molecule has 2 aliphatic heterocycles. The molecule has 0 spiro atoms. The number of thiophene rings is 1. The number of amides is 2. The Balaban J connectivity index is 1.39. The van der Waals surface area contributed by atoms with Gasteiger partial charge in [-0.15, -0.1) is 0 Å². The Bertz CT molecular complexity index is 850. The standard InChI is InChI=1S/C22H25N3O2S/c26-21(16-4-8-23-9-5-16)24-10-6-20-19(12-24)18(17-7-11-28-14-17)13-25(20)22(27)15-2-1-3-15/h4-5,7-9,11,14-15,18-20H,1-3,6,10,12-13H2/t18-,19-,20-/m0/s1. The molecule has 1 aliphatic carbocycles. The lowest BCUT2D eigenvalue weighted by atomic mass is 9.82. The van der Waals surface area contributed by atoms with Gasteiger partial charge in [-0.3, -0.25) is 14.6 Å². The summed E-state index contributed by atoms with van der Waals surface area (Å²) in [6, 6.07) is 6.02. The number of aromatic nitrogens is 1. The number of rotatable bonds is 3. The third-order valence-corrected chi connectivity index (χ3v) is 7.56. The molecule has 0 bridgehead atoms. The molecule has 146 valence electrons. The third-order valence-electron chi connectivity index (χ3n) is 6.85. The van der Waals surface area contributed by atoms with Gasteiger partial charge in [0, 0.05) is 61.4 Å². The summed E-state index contributed by atoms with van der Waals surface area (Å²) >= 11 is 1.71. The van der Waals surface area contributed by atoms with E-state index in [9.17, 15) is 9.59 Å². The molecule has 2 aromatic rings. The van der Waals surface area contributed by atoms with E-state index in [4.69, 9.17) is 0 Å². The molecule has 2 aromatic heterocycles. The average molecular weight is 396 g/mol. The second-order valence-electron chi connectivity index (χ2n) is 8.29. The number of carbonyl (C=O) groups excluding carboxylic acids is 2. The smallest absolute Gasteiger partial charge is 0.253 e. The quantitative estimate of drug-likeness (QED) is 0.800. The van der Waals surface area contributed by atoms with Gasteiger partial charge in [0.1, 0.15) is 0 Å². The van der Waals surface area contributed by atoms with Crippen molar-refractivity contribution in [1.82, 2.24) is 14.8 Å². The van der Waals surface area contributed by atoms with Crippen LogP contribution in [0.5, 0.6) is 0 Å². The number of hydrogen-bond donors (Lipinski definition) is 0. The Morgan fingerprint density at radius 2 is 1.89 bits per heavy atom. The highest BCUT2D eigenvalue weighted by Gasteiger charge is 2.49. The van der Waals surface area contributed by atoms with E-state index in [1.165, 1.54) is 12.0 Å². The van der Waals surface area contributed by atoms with Gasteiger partial charge in [0.05, 0.1) is 0 Å². The fraction of sp³-hybridized carbons (Fsp3) is 0.500. The van der Waals surface area contributed by atoms with E-state index >= 15 is 0 Å². The minimum absolute atomic E-state index is 0.0775. The summed E-state index contributed by atoms with van der Waals surface area (Å²) in [4.78, 5) is 34.2. The van der Waals surface area contributed by atoms with Gasteiger partial charge in [0.2, 0.25) is 5.91 Å². The predicted octanol–water partition coefficient (Wildman–Crippen LogP) is 3.40. The lowest BCUT2D eigenvalue weighted by molar-refractivity contribution is -0.139. The second-order valence-corrected chi connectivity index (χ2v) is 9.07. The lowest BCUT2D eigenvalue weighted by Gasteiger charge is -2.40. The number of carbonyl (C=O) groups is 2. The summed E-state index contributed by atoms with van der Waals surface area (Å²) in [5, 5.41) is 4.33. The molecule has 1 saturated carbocycles. The van der Waals surface area contributed by atoms with Crippen molar-refractivity contribution >= 4 is 23.2 Å². The molecule has 0 aromatic carbocycles. The Hall–Kier alpha value is -2.21. The van der Waals surface area contributed by atoms with Crippen molar-refractivity contribution in [2.75, 3.05) is 19.6 Å². The Morgan fingerprint density at radius 1 is 1.07 bits per heavy atom. The van der Waals surface area contributed by atoms with Crippen LogP contribution in [0, 0.1) is 11.8 Å². The minimum Gasteiger partial charge on any atom is -0.338 e. The van der Waals surface area contributed by atoms with Crippen molar-refractivity contribution < 1.29 is 9.59 Å². The van der Waals surface area contributed by atoms with Crippen LogP contribution in [0.1, 0.15) is 47.5 Å². The molecule has 5 rings (SSSR count). The van der Waals surface area contributed by atoms with Crippen LogP contribution in [0.2, 0.25) is 0 Å². The van der Waals surface area contributed by atoms with Crippen LogP contribution in [-0.4, -0.2) is 52.3 Å². The van der Waals surface area contributed by atoms with Crippen LogP contribution in [0.25, 0.3) is 0 Å². The first-order chi connectivity index (χ1) is 13.7. The maximum absolute atomic E-state index is 13.1. The summed E-state index contributed by atoms with van der Waals surface area (Å²) in [5.74, 6) is 1.31. The predicted molar refractivity (Wildman–Crippen MR) is 108 cm³/mol. The fourth-order valence-electron chi connectivity index (χ4n) is 5.08. The van der Waals surface area contributed by atoms with Crippen molar-refractivity contribution in [3.05, 3.63) is 52.5 Å². The minimum atomic E-state index is 0.0775. The van der Waals surface area contributed by atoms with Gasteiger partial charge in [0.25, 0.3) is 5.91 Å². The molecule has 0 N–H and O–H groups in total. The van der Waals surface area contributed by atoms with E-state index in [0.717, 1.165) is 32.4 Å². The molecule has 3 fully saturated rings. The lowest BCUT2D eigenvalue weighted by Crippen LogP contribution is -2.51. The molecule has 3 atom stereocenters. The molecule has 6 heteroatoms. The topological polar surface area (TPSA) is 53.5 Å². The number of likely N-dealkylation sites (tertiary alicyclic amines) is 2. The summed E-state index contributed by atoms with van der Waals surface area (Å²) in [5.41, 5.74) is 2.02. The first-order valence-electron chi connectivity index (χ1n) is 10.2. The number of fused-ring (bicyclic) bond motifs is 1. The highest BCUT2D eigenvalue weighted by Crippen LogP contribution is 2.44. The van der Waals surface area contributed by atoms with Crippen molar-refractivity contribution in [3.63, 3.8) is 0 Å². The molecule has 3 aliphatic rings. The zero-order valence-corrected chi connectivity index (χ0v) is 16.7. The Morgan fingerprint density at radius 3 is 2.57 bits per heavy atom. The molecule has 0 unspecified atom stereocenters. The van der Waals surface area contributed by atoms with Crippen LogP contribution in [0.3, 0.4) is 0 Å². The van der Waals surface area contributed by atoms with Crippen LogP contribution in [0.15, 0.2) is 41.4 Å². The van der Waals surface area contributed by atoms with Gasteiger partial charge >= 0.3 is 0 Å². The maximum Gasteiger partial charge on any atom is 0.253 e. The normalized spacial score (nSPS) is 27.4. The van der Waals surface area contributed by atoms with Gasteiger partial charge in [-0.05, 0) is 53.8 Å². The fourth-order valence-corrected chi connectivity index (χ4v) is 5.80. The van der Waals surface area contributed by atoms with E-state index in [2.05, 4.69) is 26.7 Å². The van der Waals surface area contributed by atoms with Crippen molar-refractivity contribution in [2.24, 2.45) is 11.8 Å². The number of piperidine rings is 1. The van der Waals surface area contributed by atoms with Gasteiger partial charge in [-0.1, -0.05) is 6.42 Å². The van der Waals surface area contributed by atoms with E-state index in [1.54, 1.807) is 35.9 Å². The van der Waals surface area contributed by atoms with Gasteiger partial charge in [-0.25, -0.2) is 0 Å². The SMILES string of the molecule is O=C(c1ccncc1)N1CC[C@H]2[C@@H](C1)[C@H](c1ccsc1)CN2C(=O)C1CCC1. The average Bonchev–Trinajstić information content (AvgIpc) is 3.34. The molecule has 28 heavy (non-hydrogen) atoms. The maximum atomic E-state index is 13.1. The van der Waals surface area contributed by atoms with Crippen molar-refractivity contribution in [1.29, 1.82) is 0 Å².